The lowest BCUT2D eigenvalue weighted by atomic mass is 10.0. The summed E-state index contributed by atoms with van der Waals surface area (Å²) in [6, 6.07) is 14.1. The van der Waals surface area contributed by atoms with Crippen molar-refractivity contribution in [3.05, 3.63) is 83.1 Å². The highest BCUT2D eigenvalue weighted by atomic mass is 35.5. The average molecular weight is 683 g/mol. The van der Waals surface area contributed by atoms with Crippen LogP contribution in [0, 0.1) is 11.7 Å². The molecular formula is C35H40ClFN4O7. The van der Waals surface area contributed by atoms with Crippen LogP contribution in [0.4, 0.5) is 4.39 Å². The van der Waals surface area contributed by atoms with Crippen molar-refractivity contribution < 1.29 is 37.8 Å². The first kappa shape index (κ1) is 36.0. The van der Waals surface area contributed by atoms with Gasteiger partial charge in [-0.3, -0.25) is 19.2 Å². The molecule has 1 heterocycles. The van der Waals surface area contributed by atoms with Crippen molar-refractivity contribution in [1.82, 2.24) is 20.9 Å². The number of para-hydroxylation sites is 1. The third kappa shape index (κ3) is 10.3. The van der Waals surface area contributed by atoms with Crippen molar-refractivity contribution in [2.45, 2.75) is 51.7 Å². The van der Waals surface area contributed by atoms with E-state index >= 15 is 0 Å². The smallest absolute Gasteiger partial charge is 0.255 e. The van der Waals surface area contributed by atoms with Crippen LogP contribution in [0.15, 0.2) is 66.7 Å². The van der Waals surface area contributed by atoms with Gasteiger partial charge in [-0.2, -0.15) is 0 Å². The van der Waals surface area contributed by atoms with Gasteiger partial charge in [0.25, 0.3) is 5.91 Å². The lowest BCUT2D eigenvalue weighted by Gasteiger charge is -2.27. The first-order chi connectivity index (χ1) is 22.9. The quantitative estimate of drug-likeness (QED) is 0.297. The van der Waals surface area contributed by atoms with Crippen LogP contribution in [0.25, 0.3) is 0 Å². The second kappa shape index (κ2) is 16.8. The Morgan fingerprint density at radius 3 is 2.56 bits per heavy atom. The van der Waals surface area contributed by atoms with Gasteiger partial charge in [0.15, 0.2) is 11.5 Å². The molecule has 4 amide bonds. The van der Waals surface area contributed by atoms with Gasteiger partial charge in [0.1, 0.15) is 42.6 Å². The number of hydrogen-bond acceptors (Lipinski definition) is 7. The van der Waals surface area contributed by atoms with Gasteiger partial charge in [-0.05, 0) is 61.7 Å². The van der Waals surface area contributed by atoms with Crippen molar-refractivity contribution in [2.24, 2.45) is 5.92 Å². The van der Waals surface area contributed by atoms with Gasteiger partial charge in [0, 0.05) is 18.1 Å². The Hall–Kier alpha value is -4.84. The highest BCUT2D eigenvalue weighted by Crippen LogP contribution is 2.33. The molecule has 0 saturated carbocycles. The zero-order valence-electron chi connectivity index (χ0n) is 27.3. The summed E-state index contributed by atoms with van der Waals surface area (Å²) in [6.45, 7) is 5.81. The molecule has 11 nitrogen and oxygen atoms in total. The third-order valence-corrected chi connectivity index (χ3v) is 7.59. The van der Waals surface area contributed by atoms with Gasteiger partial charge in [-0.1, -0.05) is 43.6 Å². The van der Waals surface area contributed by atoms with Gasteiger partial charge < -0.3 is 35.1 Å². The normalized spacial score (nSPS) is 18.1. The zero-order valence-corrected chi connectivity index (χ0v) is 28.0. The molecule has 3 atom stereocenters. The predicted octanol–water partition coefficient (Wildman–Crippen LogP) is 4.73. The Labute approximate surface area is 284 Å². The minimum atomic E-state index is -1.31. The molecule has 0 saturated heterocycles. The molecule has 0 aliphatic carbocycles. The lowest BCUT2D eigenvalue weighted by molar-refractivity contribution is -0.136. The number of nitrogens with one attached hydrogen (secondary N) is 3. The molecule has 3 N–H and O–H groups in total. The second-order valence-electron chi connectivity index (χ2n) is 12.0. The van der Waals surface area contributed by atoms with Crippen molar-refractivity contribution >= 4 is 35.2 Å². The average Bonchev–Trinajstić information content (AvgIpc) is 3.03. The molecule has 3 aromatic rings. The summed E-state index contributed by atoms with van der Waals surface area (Å²) in [6.07, 6.45) is -0.0576. The van der Waals surface area contributed by atoms with Gasteiger partial charge in [-0.15, -0.1) is 0 Å². The maximum atomic E-state index is 14.1. The van der Waals surface area contributed by atoms with Gasteiger partial charge in [0.05, 0.1) is 24.6 Å². The van der Waals surface area contributed by atoms with E-state index in [1.54, 1.807) is 62.5 Å². The number of rotatable bonds is 9. The predicted molar refractivity (Wildman–Crippen MR) is 178 cm³/mol. The fourth-order valence-corrected chi connectivity index (χ4v) is 5.14. The standard InChI is InChI=1S/C35H40ClFN4O7/c1-21(2)16-28-35(45)41(4)14-15-46-29-11-6-5-10-26(29)33(43)40-27(19-32(42)39-28)34(44)38-22(3)20-47-30-13-12-24(37)18-31(30)48-25-9-7-8-23(36)17-25/h5-13,17-18,21-22,27-28H,14-16,19-20H2,1-4H3,(H,38,44)(H,39,42)(H,40,43)/t22-,27+,28-/m1/s1. The van der Waals surface area contributed by atoms with E-state index in [4.69, 9.17) is 25.8 Å². The van der Waals surface area contributed by atoms with E-state index in [9.17, 15) is 23.6 Å². The van der Waals surface area contributed by atoms with E-state index < -0.39 is 48.1 Å². The fourth-order valence-electron chi connectivity index (χ4n) is 4.96. The first-order valence-electron chi connectivity index (χ1n) is 15.6. The van der Waals surface area contributed by atoms with E-state index in [0.717, 1.165) is 0 Å². The number of fused-ring (bicyclic) bond motifs is 1. The van der Waals surface area contributed by atoms with Crippen LogP contribution in [0.5, 0.6) is 23.0 Å². The molecule has 1 aliphatic heterocycles. The topological polar surface area (TPSA) is 135 Å². The molecule has 1 aliphatic rings. The second-order valence-corrected chi connectivity index (χ2v) is 12.4. The van der Waals surface area contributed by atoms with E-state index in [1.807, 2.05) is 13.8 Å². The van der Waals surface area contributed by atoms with Gasteiger partial charge in [0.2, 0.25) is 17.7 Å². The highest BCUT2D eigenvalue weighted by molar-refractivity contribution is 6.30. The van der Waals surface area contributed by atoms with E-state index in [0.29, 0.717) is 17.2 Å². The van der Waals surface area contributed by atoms with Crippen molar-refractivity contribution in [1.29, 1.82) is 0 Å². The molecule has 0 unspecified atom stereocenters. The van der Waals surface area contributed by atoms with Crippen molar-refractivity contribution in [3.63, 3.8) is 0 Å². The molecule has 0 spiro atoms. The third-order valence-electron chi connectivity index (χ3n) is 7.35. The molecule has 3 aromatic carbocycles. The van der Waals surface area contributed by atoms with Gasteiger partial charge in [-0.25, -0.2) is 4.39 Å². The number of carbonyl (C=O) groups excluding carboxylic acids is 4. The molecular weight excluding hydrogens is 643 g/mol. The maximum Gasteiger partial charge on any atom is 0.255 e. The summed E-state index contributed by atoms with van der Waals surface area (Å²) >= 11 is 6.05. The number of hydrogen-bond donors (Lipinski definition) is 3. The van der Waals surface area contributed by atoms with Crippen LogP contribution >= 0.6 is 11.6 Å². The molecule has 4 rings (SSSR count). The van der Waals surface area contributed by atoms with Crippen LogP contribution in [0.1, 0.15) is 44.0 Å². The van der Waals surface area contributed by atoms with Crippen LogP contribution in [0.2, 0.25) is 5.02 Å². The molecule has 256 valence electrons. The minimum Gasteiger partial charge on any atom is -0.491 e. The number of amides is 4. The Bertz CT molecular complexity index is 1620. The first-order valence-corrected chi connectivity index (χ1v) is 16.0. The number of likely N-dealkylation sites (N-methyl/N-ethyl adjacent to an activating group) is 1. The van der Waals surface area contributed by atoms with Crippen molar-refractivity contribution in [2.75, 3.05) is 26.8 Å². The Morgan fingerprint density at radius 1 is 1.04 bits per heavy atom. The Balaban J connectivity index is 1.50. The minimum absolute atomic E-state index is 0.0654. The SMILES string of the molecule is CC(C)C[C@H]1NC(=O)C[C@@H](C(=O)N[C@H](C)COc2ccc(F)cc2Oc2cccc(Cl)c2)NC(=O)c2ccccc2OCCN(C)C1=O. The van der Waals surface area contributed by atoms with Gasteiger partial charge >= 0.3 is 0 Å². The summed E-state index contributed by atoms with van der Waals surface area (Å²) in [5.74, 6) is -1.64. The molecule has 13 heteroatoms. The van der Waals surface area contributed by atoms with Crippen LogP contribution in [-0.2, 0) is 14.4 Å². The summed E-state index contributed by atoms with van der Waals surface area (Å²) in [5.41, 5.74) is 0.166. The maximum absolute atomic E-state index is 14.1. The molecule has 0 fully saturated rings. The summed E-state index contributed by atoms with van der Waals surface area (Å²) < 4.78 is 31.6. The van der Waals surface area contributed by atoms with E-state index in [-0.39, 0.29) is 54.4 Å². The Morgan fingerprint density at radius 2 is 1.81 bits per heavy atom. The monoisotopic (exact) mass is 682 g/mol. The lowest BCUT2D eigenvalue weighted by Crippen LogP contribution is -2.54. The summed E-state index contributed by atoms with van der Waals surface area (Å²) in [5, 5.41) is 8.62. The Kier molecular flexibility index (Phi) is 12.6. The van der Waals surface area contributed by atoms with Crippen LogP contribution < -0.4 is 30.2 Å². The zero-order chi connectivity index (χ0) is 34.8. The van der Waals surface area contributed by atoms with E-state index in [1.165, 1.54) is 23.1 Å². The fraction of sp³-hybridized carbons (Fsp3) is 0.371. The molecule has 0 radical (unpaired) electrons. The molecule has 0 aromatic heterocycles. The van der Waals surface area contributed by atoms with Crippen LogP contribution in [-0.4, -0.2) is 73.5 Å². The molecule has 48 heavy (non-hydrogen) atoms. The van der Waals surface area contributed by atoms with E-state index in [2.05, 4.69) is 16.0 Å². The number of benzene rings is 3. The number of halogens is 2. The number of carbonyl (C=O) groups is 4. The largest absolute Gasteiger partial charge is 0.491 e. The number of ether oxygens (including phenoxy) is 3. The highest BCUT2D eigenvalue weighted by Gasteiger charge is 2.31. The number of nitrogens with zero attached hydrogens (tertiary/aromatic N) is 1. The summed E-state index contributed by atoms with van der Waals surface area (Å²) in [4.78, 5) is 55.0. The molecule has 0 bridgehead atoms. The summed E-state index contributed by atoms with van der Waals surface area (Å²) in [7, 11) is 1.62. The van der Waals surface area contributed by atoms with Crippen molar-refractivity contribution in [3.8, 4) is 23.0 Å². The van der Waals surface area contributed by atoms with Crippen LogP contribution in [0.3, 0.4) is 0 Å².